The van der Waals surface area contributed by atoms with Crippen LogP contribution in [0.4, 0.5) is 15.2 Å². The van der Waals surface area contributed by atoms with Gasteiger partial charge >= 0.3 is 0 Å². The van der Waals surface area contributed by atoms with Gasteiger partial charge in [-0.1, -0.05) is 24.3 Å². The molecule has 1 aromatic carbocycles. The lowest BCUT2D eigenvalue weighted by atomic mass is 9.96. The van der Waals surface area contributed by atoms with E-state index in [2.05, 4.69) is 25.5 Å². The number of rotatable bonds is 7. The Labute approximate surface area is 193 Å². The summed E-state index contributed by atoms with van der Waals surface area (Å²) in [6.45, 7) is 3.82. The Hall–Kier alpha value is -3.34. The van der Waals surface area contributed by atoms with Crippen LogP contribution in [-0.4, -0.2) is 46.0 Å². The van der Waals surface area contributed by atoms with E-state index in [0.29, 0.717) is 40.8 Å². The van der Waals surface area contributed by atoms with E-state index in [1.807, 2.05) is 6.92 Å². The monoisotopic (exact) mass is 472 g/mol. The summed E-state index contributed by atoms with van der Waals surface area (Å²) >= 11 is 1.24. The van der Waals surface area contributed by atoms with Gasteiger partial charge in [-0.05, 0) is 37.5 Å². The van der Waals surface area contributed by atoms with E-state index in [-0.39, 0.29) is 23.9 Å². The SMILES string of the molecule is CCCNC(=O)C1CCN(c2nc3ncn(CC(=O)Nc4cccc(F)c4)c(=O)c3s2)CC1. The van der Waals surface area contributed by atoms with Gasteiger partial charge in [0.25, 0.3) is 5.56 Å². The van der Waals surface area contributed by atoms with E-state index in [1.54, 1.807) is 6.07 Å². The van der Waals surface area contributed by atoms with Gasteiger partial charge in [-0.2, -0.15) is 4.98 Å². The highest BCUT2D eigenvalue weighted by molar-refractivity contribution is 7.22. The molecule has 3 heterocycles. The van der Waals surface area contributed by atoms with Crippen LogP contribution in [0.2, 0.25) is 0 Å². The molecule has 174 valence electrons. The summed E-state index contributed by atoms with van der Waals surface area (Å²) in [6, 6.07) is 5.54. The zero-order chi connectivity index (χ0) is 23.4. The minimum atomic E-state index is -0.462. The van der Waals surface area contributed by atoms with Gasteiger partial charge in [-0.3, -0.25) is 19.0 Å². The average molecular weight is 473 g/mol. The van der Waals surface area contributed by atoms with Crippen LogP contribution in [-0.2, 0) is 16.1 Å². The van der Waals surface area contributed by atoms with Crippen molar-refractivity contribution >= 4 is 44.3 Å². The molecule has 3 aromatic rings. The Balaban J connectivity index is 1.42. The molecule has 0 bridgehead atoms. The largest absolute Gasteiger partial charge is 0.356 e. The molecule has 0 aliphatic carbocycles. The lowest BCUT2D eigenvalue weighted by Gasteiger charge is -2.30. The normalized spacial score (nSPS) is 14.4. The molecule has 1 aliphatic heterocycles. The lowest BCUT2D eigenvalue weighted by molar-refractivity contribution is -0.125. The van der Waals surface area contributed by atoms with Gasteiger partial charge in [-0.25, -0.2) is 9.37 Å². The van der Waals surface area contributed by atoms with Crippen LogP contribution in [0.3, 0.4) is 0 Å². The second-order valence-electron chi connectivity index (χ2n) is 7.94. The number of carbonyl (C=O) groups excluding carboxylic acids is 2. The van der Waals surface area contributed by atoms with Gasteiger partial charge in [-0.15, -0.1) is 0 Å². The van der Waals surface area contributed by atoms with Crippen molar-refractivity contribution in [2.24, 2.45) is 5.92 Å². The maximum atomic E-state index is 13.3. The number of thiazole rings is 1. The molecule has 2 aromatic heterocycles. The minimum Gasteiger partial charge on any atom is -0.356 e. The van der Waals surface area contributed by atoms with E-state index < -0.39 is 11.7 Å². The van der Waals surface area contributed by atoms with Gasteiger partial charge in [0, 0.05) is 31.2 Å². The molecule has 11 heteroatoms. The number of nitrogens with one attached hydrogen (secondary N) is 2. The summed E-state index contributed by atoms with van der Waals surface area (Å²) in [7, 11) is 0. The molecule has 33 heavy (non-hydrogen) atoms. The number of benzene rings is 1. The number of amides is 2. The van der Waals surface area contributed by atoms with Crippen molar-refractivity contribution in [3.8, 4) is 0 Å². The standard InChI is InChI=1S/C22H25FN6O3S/c1-2-8-24-20(31)14-6-9-28(10-7-14)22-27-19-18(33-22)21(32)29(13-25-19)12-17(30)26-16-5-3-4-15(23)11-16/h3-5,11,13-14H,2,6-10,12H2,1H3,(H,24,31)(H,26,30). The summed E-state index contributed by atoms with van der Waals surface area (Å²) in [5, 5.41) is 6.20. The van der Waals surface area contributed by atoms with Crippen molar-refractivity contribution < 1.29 is 14.0 Å². The number of halogens is 1. The average Bonchev–Trinajstić information content (AvgIpc) is 3.25. The molecule has 1 fully saturated rings. The molecule has 0 saturated carbocycles. The van der Waals surface area contributed by atoms with Gasteiger partial charge in [0.15, 0.2) is 10.8 Å². The molecule has 9 nitrogen and oxygen atoms in total. The number of anilines is 2. The summed E-state index contributed by atoms with van der Waals surface area (Å²) in [5.74, 6) is -0.830. The number of fused-ring (bicyclic) bond motifs is 1. The molecule has 0 spiro atoms. The molecule has 4 rings (SSSR count). The van der Waals surface area contributed by atoms with Crippen LogP contribution in [0, 0.1) is 11.7 Å². The fraction of sp³-hybridized carbons (Fsp3) is 0.409. The molecular weight excluding hydrogens is 447 g/mol. The quantitative estimate of drug-likeness (QED) is 0.547. The van der Waals surface area contributed by atoms with Crippen LogP contribution < -0.4 is 21.1 Å². The maximum absolute atomic E-state index is 13.3. The summed E-state index contributed by atoms with van der Waals surface area (Å²) < 4.78 is 14.9. The fourth-order valence-corrected chi connectivity index (χ4v) is 4.75. The van der Waals surface area contributed by atoms with Gasteiger partial charge < -0.3 is 15.5 Å². The van der Waals surface area contributed by atoms with Gasteiger partial charge in [0.1, 0.15) is 23.4 Å². The third-order valence-electron chi connectivity index (χ3n) is 5.48. The van der Waals surface area contributed by atoms with Crippen molar-refractivity contribution in [2.45, 2.75) is 32.7 Å². The Kier molecular flexibility index (Phi) is 6.97. The molecule has 0 unspecified atom stereocenters. The predicted molar refractivity (Wildman–Crippen MR) is 125 cm³/mol. The maximum Gasteiger partial charge on any atom is 0.273 e. The molecule has 1 aliphatic rings. The highest BCUT2D eigenvalue weighted by atomic mass is 32.1. The lowest BCUT2D eigenvalue weighted by Crippen LogP contribution is -2.40. The first kappa shape index (κ1) is 22.8. The fourth-order valence-electron chi connectivity index (χ4n) is 3.73. The zero-order valence-electron chi connectivity index (χ0n) is 18.2. The Bertz CT molecular complexity index is 1220. The molecule has 2 amide bonds. The van der Waals surface area contributed by atoms with Crippen molar-refractivity contribution in [3.63, 3.8) is 0 Å². The zero-order valence-corrected chi connectivity index (χ0v) is 19.0. The van der Waals surface area contributed by atoms with Crippen LogP contribution in [0.15, 0.2) is 35.4 Å². The molecule has 2 N–H and O–H groups in total. The first-order valence-corrected chi connectivity index (χ1v) is 11.7. The van der Waals surface area contributed by atoms with E-state index in [0.717, 1.165) is 19.3 Å². The number of hydrogen-bond donors (Lipinski definition) is 2. The minimum absolute atomic E-state index is 0.00543. The smallest absolute Gasteiger partial charge is 0.273 e. The van der Waals surface area contributed by atoms with Crippen molar-refractivity contribution in [1.82, 2.24) is 19.9 Å². The van der Waals surface area contributed by atoms with Crippen LogP contribution >= 0.6 is 11.3 Å². The van der Waals surface area contributed by atoms with E-state index >= 15 is 0 Å². The molecular formula is C22H25FN6O3S. The van der Waals surface area contributed by atoms with Gasteiger partial charge in [0.2, 0.25) is 11.8 Å². The van der Waals surface area contributed by atoms with E-state index in [1.165, 1.54) is 40.4 Å². The van der Waals surface area contributed by atoms with Crippen molar-refractivity contribution in [1.29, 1.82) is 0 Å². The second kappa shape index (κ2) is 10.1. The third-order valence-corrected chi connectivity index (χ3v) is 6.57. The Morgan fingerprint density at radius 1 is 1.27 bits per heavy atom. The predicted octanol–water partition coefficient (Wildman–Crippen LogP) is 2.37. The first-order valence-electron chi connectivity index (χ1n) is 10.9. The summed E-state index contributed by atoms with van der Waals surface area (Å²) in [5.41, 5.74) is 0.297. The van der Waals surface area contributed by atoms with Gasteiger partial charge in [0.05, 0.1) is 0 Å². The number of hydrogen-bond acceptors (Lipinski definition) is 7. The topological polar surface area (TPSA) is 109 Å². The number of nitrogens with zero attached hydrogens (tertiary/aromatic N) is 4. The highest BCUT2D eigenvalue weighted by Gasteiger charge is 2.26. The van der Waals surface area contributed by atoms with Crippen LogP contribution in [0.5, 0.6) is 0 Å². The number of aromatic nitrogens is 3. The summed E-state index contributed by atoms with van der Waals surface area (Å²) in [6.07, 6.45) is 3.66. The van der Waals surface area contributed by atoms with Crippen LogP contribution in [0.25, 0.3) is 10.3 Å². The third kappa shape index (κ3) is 5.36. The van der Waals surface area contributed by atoms with Crippen molar-refractivity contribution in [3.05, 3.63) is 46.8 Å². The number of piperidine rings is 1. The highest BCUT2D eigenvalue weighted by Crippen LogP contribution is 2.29. The van der Waals surface area contributed by atoms with E-state index in [4.69, 9.17) is 0 Å². The molecule has 0 radical (unpaired) electrons. The first-order chi connectivity index (χ1) is 15.9. The van der Waals surface area contributed by atoms with Crippen LogP contribution in [0.1, 0.15) is 26.2 Å². The summed E-state index contributed by atoms with van der Waals surface area (Å²) in [4.78, 5) is 48.2. The molecule has 0 atom stereocenters. The van der Waals surface area contributed by atoms with Crippen molar-refractivity contribution in [2.75, 3.05) is 29.9 Å². The number of carbonyl (C=O) groups is 2. The van der Waals surface area contributed by atoms with E-state index in [9.17, 15) is 18.8 Å². The molecule has 1 saturated heterocycles. The Morgan fingerprint density at radius 3 is 2.79 bits per heavy atom. The Morgan fingerprint density at radius 2 is 2.06 bits per heavy atom. The second-order valence-corrected chi connectivity index (χ2v) is 8.92.